The Bertz CT molecular complexity index is 1350. The SMILES string of the molecule is COC(=O)C1(C)CCC(C)(CNC(=O)c2cc(C(=O)NCc3ccc(F)c(Cl)c3)nc3ccnn23)CC1. The van der Waals surface area contributed by atoms with E-state index in [1.807, 2.05) is 6.92 Å². The number of carbonyl (C=O) groups is 3. The predicted molar refractivity (Wildman–Crippen MR) is 135 cm³/mol. The van der Waals surface area contributed by atoms with Gasteiger partial charge in [0.1, 0.15) is 17.2 Å². The zero-order chi connectivity index (χ0) is 26.8. The molecule has 0 saturated heterocycles. The predicted octanol–water partition coefficient (Wildman–Crippen LogP) is 3.94. The second kappa shape index (κ2) is 10.5. The summed E-state index contributed by atoms with van der Waals surface area (Å²) in [5, 5.41) is 9.82. The monoisotopic (exact) mass is 529 g/mol. The summed E-state index contributed by atoms with van der Waals surface area (Å²) in [4.78, 5) is 42.5. The molecule has 2 N–H and O–H groups in total. The van der Waals surface area contributed by atoms with Crippen molar-refractivity contribution in [2.24, 2.45) is 10.8 Å². The molecule has 0 atom stereocenters. The summed E-state index contributed by atoms with van der Waals surface area (Å²) in [7, 11) is 1.40. The van der Waals surface area contributed by atoms with Crippen molar-refractivity contribution in [2.75, 3.05) is 13.7 Å². The van der Waals surface area contributed by atoms with E-state index in [4.69, 9.17) is 16.3 Å². The number of ether oxygens (including phenoxy) is 1. The average molecular weight is 530 g/mol. The third-order valence-corrected chi connectivity index (χ3v) is 7.47. The molecule has 1 aromatic carbocycles. The highest BCUT2D eigenvalue weighted by Gasteiger charge is 2.43. The molecule has 2 heterocycles. The Kier molecular flexibility index (Phi) is 7.49. The first kappa shape index (κ1) is 26.5. The van der Waals surface area contributed by atoms with Crippen LogP contribution in [0.3, 0.4) is 0 Å². The lowest BCUT2D eigenvalue weighted by atomic mass is 9.65. The van der Waals surface area contributed by atoms with Gasteiger partial charge in [-0.25, -0.2) is 13.9 Å². The highest BCUT2D eigenvalue weighted by Crippen LogP contribution is 2.45. The molecule has 1 fully saturated rings. The molecule has 2 aromatic heterocycles. The van der Waals surface area contributed by atoms with E-state index in [0.717, 1.165) is 12.8 Å². The van der Waals surface area contributed by atoms with Crippen LogP contribution in [0.5, 0.6) is 0 Å². The zero-order valence-corrected chi connectivity index (χ0v) is 21.7. The second-order valence-corrected chi connectivity index (χ2v) is 10.5. The minimum absolute atomic E-state index is 0.0360. The van der Waals surface area contributed by atoms with Crippen LogP contribution in [-0.4, -0.2) is 46.0 Å². The molecule has 196 valence electrons. The number of amides is 2. The van der Waals surface area contributed by atoms with Crippen molar-refractivity contribution in [3.63, 3.8) is 0 Å². The number of hydrogen-bond acceptors (Lipinski definition) is 6. The van der Waals surface area contributed by atoms with Crippen LogP contribution < -0.4 is 10.6 Å². The van der Waals surface area contributed by atoms with Gasteiger partial charge >= 0.3 is 5.97 Å². The Morgan fingerprint density at radius 1 is 1.08 bits per heavy atom. The maximum Gasteiger partial charge on any atom is 0.311 e. The van der Waals surface area contributed by atoms with E-state index in [1.165, 1.54) is 42.1 Å². The summed E-state index contributed by atoms with van der Waals surface area (Å²) in [6, 6.07) is 7.17. The number of nitrogens with zero attached hydrogens (tertiary/aromatic N) is 3. The van der Waals surface area contributed by atoms with Gasteiger partial charge in [0.05, 0.1) is 23.7 Å². The fourth-order valence-corrected chi connectivity index (χ4v) is 4.73. The van der Waals surface area contributed by atoms with Crippen LogP contribution in [0.25, 0.3) is 5.65 Å². The van der Waals surface area contributed by atoms with Gasteiger partial charge in [-0.1, -0.05) is 24.6 Å². The van der Waals surface area contributed by atoms with Crippen LogP contribution in [0.1, 0.15) is 66.1 Å². The summed E-state index contributed by atoms with van der Waals surface area (Å²) < 4.78 is 19.7. The summed E-state index contributed by atoms with van der Waals surface area (Å²) in [5.41, 5.74) is 0.489. The first-order valence-corrected chi connectivity index (χ1v) is 12.3. The number of hydrogen-bond donors (Lipinski definition) is 2. The van der Waals surface area contributed by atoms with Crippen LogP contribution in [0.4, 0.5) is 4.39 Å². The Labute approximate surface area is 218 Å². The van der Waals surface area contributed by atoms with Crippen molar-refractivity contribution in [3.8, 4) is 0 Å². The van der Waals surface area contributed by atoms with E-state index in [-0.39, 0.29) is 34.3 Å². The number of nitrogens with one attached hydrogen (secondary N) is 2. The molecular formula is C26H29ClFN5O4. The van der Waals surface area contributed by atoms with Gasteiger partial charge < -0.3 is 15.4 Å². The molecule has 0 aliphatic heterocycles. The van der Waals surface area contributed by atoms with Gasteiger partial charge in [-0.2, -0.15) is 5.10 Å². The van der Waals surface area contributed by atoms with Crippen molar-refractivity contribution in [1.29, 1.82) is 0 Å². The molecule has 2 amide bonds. The van der Waals surface area contributed by atoms with Gasteiger partial charge in [0.2, 0.25) is 0 Å². The van der Waals surface area contributed by atoms with E-state index >= 15 is 0 Å². The minimum atomic E-state index is -0.542. The normalized spacial score (nSPS) is 21.4. The first-order valence-electron chi connectivity index (χ1n) is 12.0. The Morgan fingerprint density at radius 3 is 2.49 bits per heavy atom. The fraction of sp³-hybridized carbons (Fsp3) is 0.423. The van der Waals surface area contributed by atoms with Crippen molar-refractivity contribution in [3.05, 3.63) is 64.3 Å². The number of halogens is 2. The largest absolute Gasteiger partial charge is 0.469 e. The molecule has 9 nitrogen and oxygen atoms in total. The van der Waals surface area contributed by atoms with Crippen LogP contribution >= 0.6 is 11.6 Å². The van der Waals surface area contributed by atoms with Crippen LogP contribution in [0.2, 0.25) is 5.02 Å². The lowest BCUT2D eigenvalue weighted by Crippen LogP contribution is -2.43. The fourth-order valence-electron chi connectivity index (χ4n) is 4.53. The number of carbonyl (C=O) groups excluding carboxylic acids is 3. The van der Waals surface area contributed by atoms with Gasteiger partial charge in [-0.3, -0.25) is 14.4 Å². The molecular weight excluding hydrogens is 501 g/mol. The summed E-state index contributed by atoms with van der Waals surface area (Å²) in [6.45, 7) is 4.51. The molecule has 11 heteroatoms. The highest BCUT2D eigenvalue weighted by atomic mass is 35.5. The quantitative estimate of drug-likeness (QED) is 0.448. The maximum atomic E-state index is 13.4. The van der Waals surface area contributed by atoms with Crippen LogP contribution in [0.15, 0.2) is 36.5 Å². The first-order chi connectivity index (χ1) is 17.5. The average Bonchev–Trinajstić information content (AvgIpc) is 3.37. The molecule has 0 radical (unpaired) electrons. The van der Waals surface area contributed by atoms with Gasteiger partial charge in [-0.05, 0) is 55.7 Å². The summed E-state index contributed by atoms with van der Waals surface area (Å²) >= 11 is 5.81. The summed E-state index contributed by atoms with van der Waals surface area (Å²) in [5.74, 6) is -1.64. The summed E-state index contributed by atoms with van der Waals surface area (Å²) in [6.07, 6.45) is 4.36. The molecule has 0 spiro atoms. The molecule has 3 aromatic rings. The van der Waals surface area contributed by atoms with Crippen LogP contribution in [-0.2, 0) is 16.1 Å². The molecule has 1 aliphatic rings. The Morgan fingerprint density at radius 2 is 1.81 bits per heavy atom. The minimum Gasteiger partial charge on any atom is -0.469 e. The molecule has 0 bridgehead atoms. The van der Waals surface area contributed by atoms with E-state index in [2.05, 4.69) is 27.6 Å². The number of benzene rings is 1. The van der Waals surface area contributed by atoms with Crippen molar-refractivity contribution < 1.29 is 23.5 Å². The van der Waals surface area contributed by atoms with Gasteiger partial charge in [-0.15, -0.1) is 0 Å². The topological polar surface area (TPSA) is 115 Å². The molecule has 4 rings (SSSR count). The standard InChI is InChI=1S/C26H29ClFN5O4/c1-25(7-9-26(2,10-8-25)24(36)37-3)15-30-23(35)20-13-19(32-21-6-11-31-33(20)21)22(34)29-14-16-4-5-18(28)17(27)12-16/h4-6,11-13H,7-10,14-15H2,1-3H3,(H,29,34)(H,30,35). The van der Waals surface area contributed by atoms with Crippen molar-refractivity contribution >= 4 is 35.0 Å². The number of esters is 1. The molecule has 1 aliphatic carbocycles. The Balaban J connectivity index is 1.44. The molecule has 37 heavy (non-hydrogen) atoms. The van der Waals surface area contributed by atoms with Crippen molar-refractivity contribution in [2.45, 2.75) is 46.1 Å². The van der Waals surface area contributed by atoms with Gasteiger partial charge in [0.25, 0.3) is 11.8 Å². The molecule has 1 saturated carbocycles. The third kappa shape index (κ3) is 5.74. The molecule has 0 unspecified atom stereocenters. The smallest absolute Gasteiger partial charge is 0.311 e. The lowest BCUT2D eigenvalue weighted by Gasteiger charge is -2.41. The van der Waals surface area contributed by atoms with E-state index in [0.29, 0.717) is 30.6 Å². The van der Waals surface area contributed by atoms with E-state index in [1.54, 1.807) is 6.07 Å². The van der Waals surface area contributed by atoms with Crippen LogP contribution in [0, 0.1) is 16.6 Å². The maximum absolute atomic E-state index is 13.4. The van der Waals surface area contributed by atoms with Gasteiger partial charge in [0, 0.05) is 25.2 Å². The number of rotatable bonds is 7. The third-order valence-electron chi connectivity index (χ3n) is 7.18. The Hall–Kier alpha value is -3.53. The van der Waals surface area contributed by atoms with E-state index < -0.39 is 23.0 Å². The zero-order valence-electron chi connectivity index (χ0n) is 20.9. The van der Waals surface area contributed by atoms with Crippen molar-refractivity contribution in [1.82, 2.24) is 25.2 Å². The number of fused-ring (bicyclic) bond motifs is 1. The highest BCUT2D eigenvalue weighted by molar-refractivity contribution is 6.30. The second-order valence-electron chi connectivity index (χ2n) is 10.1. The van der Waals surface area contributed by atoms with Gasteiger partial charge in [0.15, 0.2) is 5.65 Å². The van der Waals surface area contributed by atoms with E-state index in [9.17, 15) is 18.8 Å². The lowest BCUT2D eigenvalue weighted by molar-refractivity contribution is -0.155. The number of aromatic nitrogens is 3. The number of methoxy groups -OCH3 is 1.